The van der Waals surface area contributed by atoms with E-state index in [4.69, 9.17) is 15.2 Å². The highest BCUT2D eigenvalue weighted by Gasteiger charge is 2.35. The van der Waals surface area contributed by atoms with E-state index in [2.05, 4.69) is 19.1 Å². The molecule has 0 spiro atoms. The maximum Gasteiger partial charge on any atom is 0.255 e. The molecule has 2 atom stereocenters. The minimum absolute atomic E-state index is 0.0410. The van der Waals surface area contributed by atoms with Crippen LogP contribution in [0.25, 0.3) is 0 Å². The van der Waals surface area contributed by atoms with Gasteiger partial charge in [-0.1, -0.05) is 30.3 Å². The predicted octanol–water partition coefficient (Wildman–Crippen LogP) is 2.58. The Labute approximate surface area is 158 Å². The summed E-state index contributed by atoms with van der Waals surface area (Å²) in [4.78, 5) is 25.8. The van der Waals surface area contributed by atoms with Gasteiger partial charge in [-0.2, -0.15) is 0 Å². The van der Waals surface area contributed by atoms with Crippen molar-refractivity contribution in [2.24, 2.45) is 5.73 Å². The first-order valence-corrected chi connectivity index (χ1v) is 8.96. The number of methoxy groups -OCH3 is 1. The third kappa shape index (κ3) is 4.05. The number of primary amides is 1. The van der Waals surface area contributed by atoms with Gasteiger partial charge in [0, 0.05) is 24.1 Å². The van der Waals surface area contributed by atoms with Gasteiger partial charge in [0.1, 0.15) is 0 Å². The largest absolute Gasteiger partial charge is 0.493 e. The number of amides is 2. The van der Waals surface area contributed by atoms with Crippen LogP contribution in [0.4, 0.5) is 0 Å². The van der Waals surface area contributed by atoms with Crippen molar-refractivity contribution in [1.82, 2.24) is 4.90 Å². The van der Waals surface area contributed by atoms with Gasteiger partial charge in [0.25, 0.3) is 11.8 Å². The second kappa shape index (κ2) is 8.12. The number of nitrogens with zero attached hydrogens (tertiary/aromatic N) is 1. The summed E-state index contributed by atoms with van der Waals surface area (Å²) in [5.74, 6) is 0.490. The molecule has 2 amide bonds. The van der Waals surface area contributed by atoms with Gasteiger partial charge in [-0.05, 0) is 37.1 Å². The number of likely N-dealkylation sites (tertiary alicyclic amines) is 1. The number of hydrogen-bond acceptors (Lipinski definition) is 4. The Hall–Kier alpha value is -3.02. The summed E-state index contributed by atoms with van der Waals surface area (Å²) in [6.45, 7) is 2.55. The molecule has 3 rings (SSSR count). The fourth-order valence-electron chi connectivity index (χ4n) is 3.61. The lowest BCUT2D eigenvalue weighted by atomic mass is 9.93. The minimum Gasteiger partial charge on any atom is -0.493 e. The van der Waals surface area contributed by atoms with E-state index >= 15 is 0 Å². The van der Waals surface area contributed by atoms with E-state index < -0.39 is 5.91 Å². The molecular weight excluding hydrogens is 344 g/mol. The molecule has 2 aromatic carbocycles. The van der Waals surface area contributed by atoms with Crippen LogP contribution in [0, 0.1) is 0 Å². The Morgan fingerprint density at radius 3 is 2.56 bits per heavy atom. The smallest absolute Gasteiger partial charge is 0.255 e. The van der Waals surface area contributed by atoms with Crippen molar-refractivity contribution in [3.8, 4) is 11.5 Å². The molecule has 1 fully saturated rings. The summed E-state index contributed by atoms with van der Waals surface area (Å²) >= 11 is 0. The van der Waals surface area contributed by atoms with Crippen LogP contribution < -0.4 is 15.2 Å². The van der Waals surface area contributed by atoms with E-state index in [-0.39, 0.29) is 18.6 Å². The normalized spacial score (nSPS) is 19.0. The van der Waals surface area contributed by atoms with Gasteiger partial charge in [-0.15, -0.1) is 0 Å². The highest BCUT2D eigenvalue weighted by molar-refractivity contribution is 5.95. The van der Waals surface area contributed by atoms with Gasteiger partial charge >= 0.3 is 0 Å². The quantitative estimate of drug-likeness (QED) is 0.850. The fourth-order valence-corrected chi connectivity index (χ4v) is 3.61. The molecule has 2 unspecified atom stereocenters. The summed E-state index contributed by atoms with van der Waals surface area (Å²) in [5.41, 5.74) is 6.89. The zero-order valence-electron chi connectivity index (χ0n) is 15.6. The summed E-state index contributed by atoms with van der Waals surface area (Å²) < 4.78 is 10.6. The molecule has 6 nitrogen and oxygen atoms in total. The molecule has 0 bridgehead atoms. The van der Waals surface area contributed by atoms with Crippen molar-refractivity contribution in [2.75, 3.05) is 20.3 Å². The lowest BCUT2D eigenvalue weighted by Crippen LogP contribution is -2.35. The first-order valence-electron chi connectivity index (χ1n) is 8.96. The van der Waals surface area contributed by atoms with E-state index in [1.165, 1.54) is 12.7 Å². The van der Waals surface area contributed by atoms with Gasteiger partial charge in [0.15, 0.2) is 18.1 Å². The lowest BCUT2D eigenvalue weighted by Gasteiger charge is -2.25. The molecule has 0 radical (unpaired) electrons. The van der Waals surface area contributed by atoms with Gasteiger partial charge in [0.05, 0.1) is 7.11 Å². The number of rotatable bonds is 6. The molecule has 0 aliphatic carbocycles. The molecule has 1 aliphatic rings. The van der Waals surface area contributed by atoms with Crippen LogP contribution in [-0.4, -0.2) is 43.0 Å². The molecule has 0 saturated carbocycles. The molecule has 27 heavy (non-hydrogen) atoms. The number of carbonyl (C=O) groups is 2. The topological polar surface area (TPSA) is 81.9 Å². The van der Waals surface area contributed by atoms with Crippen LogP contribution in [0.1, 0.15) is 35.2 Å². The molecule has 2 N–H and O–H groups in total. The van der Waals surface area contributed by atoms with Crippen LogP contribution in [0.3, 0.4) is 0 Å². The lowest BCUT2D eigenvalue weighted by molar-refractivity contribution is -0.119. The number of benzene rings is 2. The highest BCUT2D eigenvalue weighted by atomic mass is 16.5. The molecule has 1 aliphatic heterocycles. The van der Waals surface area contributed by atoms with Crippen molar-refractivity contribution in [3.05, 3.63) is 59.7 Å². The average Bonchev–Trinajstić information content (AvgIpc) is 3.07. The van der Waals surface area contributed by atoms with Crippen molar-refractivity contribution in [3.63, 3.8) is 0 Å². The molecule has 2 aromatic rings. The Balaban J connectivity index is 1.76. The first kappa shape index (κ1) is 18.8. The monoisotopic (exact) mass is 368 g/mol. The molecule has 1 heterocycles. The van der Waals surface area contributed by atoms with E-state index in [9.17, 15) is 9.59 Å². The van der Waals surface area contributed by atoms with Crippen molar-refractivity contribution >= 4 is 11.8 Å². The third-order valence-electron chi connectivity index (χ3n) is 5.02. The van der Waals surface area contributed by atoms with E-state index in [1.54, 1.807) is 18.2 Å². The number of hydrogen-bond donors (Lipinski definition) is 1. The van der Waals surface area contributed by atoms with Crippen LogP contribution >= 0.6 is 0 Å². The molecule has 6 heteroatoms. The Morgan fingerprint density at radius 1 is 1.15 bits per heavy atom. The number of carbonyl (C=O) groups excluding carboxylic acids is 2. The van der Waals surface area contributed by atoms with Gasteiger partial charge in [0.2, 0.25) is 0 Å². The van der Waals surface area contributed by atoms with Crippen molar-refractivity contribution in [1.29, 1.82) is 0 Å². The molecule has 1 saturated heterocycles. The molecular formula is C21H24N2O4. The summed E-state index contributed by atoms with van der Waals surface area (Å²) in [5, 5.41) is 0. The summed E-state index contributed by atoms with van der Waals surface area (Å²) in [7, 11) is 1.49. The van der Waals surface area contributed by atoms with E-state index in [0.29, 0.717) is 29.5 Å². The Bertz CT molecular complexity index is 822. The van der Waals surface area contributed by atoms with Crippen LogP contribution in [0.15, 0.2) is 48.5 Å². The van der Waals surface area contributed by atoms with Crippen molar-refractivity contribution < 1.29 is 19.1 Å². The SMILES string of the molecule is COc1cc(C(=O)N2CCC(c3ccccc3)C2C)ccc1OCC(N)=O. The summed E-state index contributed by atoms with van der Waals surface area (Å²) in [6, 6.07) is 15.4. The first-order chi connectivity index (χ1) is 13.0. The van der Waals surface area contributed by atoms with Crippen LogP contribution in [0.5, 0.6) is 11.5 Å². The van der Waals surface area contributed by atoms with Crippen LogP contribution in [-0.2, 0) is 4.79 Å². The third-order valence-corrected chi connectivity index (χ3v) is 5.02. The van der Waals surface area contributed by atoms with Crippen LogP contribution in [0.2, 0.25) is 0 Å². The van der Waals surface area contributed by atoms with Gasteiger partial charge in [-0.3, -0.25) is 9.59 Å². The Morgan fingerprint density at radius 2 is 1.89 bits per heavy atom. The van der Waals surface area contributed by atoms with Crippen molar-refractivity contribution in [2.45, 2.75) is 25.3 Å². The van der Waals surface area contributed by atoms with E-state index in [0.717, 1.165) is 6.42 Å². The summed E-state index contributed by atoms with van der Waals surface area (Å²) in [6.07, 6.45) is 0.938. The number of ether oxygens (including phenoxy) is 2. The molecule has 142 valence electrons. The zero-order valence-corrected chi connectivity index (χ0v) is 15.6. The fraction of sp³-hybridized carbons (Fsp3) is 0.333. The van der Waals surface area contributed by atoms with Gasteiger partial charge in [-0.25, -0.2) is 0 Å². The minimum atomic E-state index is -0.574. The standard InChI is InChI=1S/C21H24N2O4/c1-14-17(15-6-4-3-5-7-15)10-11-23(14)21(25)16-8-9-18(19(12-16)26-2)27-13-20(22)24/h3-9,12,14,17H,10-11,13H2,1-2H3,(H2,22,24). The zero-order chi connectivity index (χ0) is 19.4. The molecule has 0 aromatic heterocycles. The van der Waals surface area contributed by atoms with E-state index in [1.807, 2.05) is 23.1 Å². The number of nitrogens with two attached hydrogens (primary N) is 1. The van der Waals surface area contributed by atoms with Gasteiger partial charge < -0.3 is 20.1 Å². The maximum absolute atomic E-state index is 13.0. The highest BCUT2D eigenvalue weighted by Crippen LogP contribution is 2.35. The second-order valence-corrected chi connectivity index (χ2v) is 6.67. The average molecular weight is 368 g/mol. The maximum atomic E-state index is 13.0. The predicted molar refractivity (Wildman–Crippen MR) is 102 cm³/mol. The second-order valence-electron chi connectivity index (χ2n) is 6.67. The Kier molecular flexibility index (Phi) is 5.64.